The van der Waals surface area contributed by atoms with Gasteiger partial charge in [0.1, 0.15) is 17.1 Å². The zero-order valence-electron chi connectivity index (χ0n) is 18.2. The number of nitrogens with one attached hydrogen (secondary N) is 1. The van der Waals surface area contributed by atoms with E-state index in [0.29, 0.717) is 11.6 Å². The molecule has 0 aliphatic heterocycles. The molecule has 7 nitrogen and oxygen atoms in total. The smallest absolute Gasteiger partial charge is 0.258 e. The van der Waals surface area contributed by atoms with Crippen molar-refractivity contribution in [3.63, 3.8) is 0 Å². The molecule has 1 aliphatic carbocycles. The van der Waals surface area contributed by atoms with Crippen molar-refractivity contribution in [3.8, 4) is 11.6 Å². The maximum Gasteiger partial charge on any atom is 0.258 e. The highest BCUT2D eigenvalue weighted by Crippen LogP contribution is 2.34. The van der Waals surface area contributed by atoms with E-state index in [-0.39, 0.29) is 17.4 Å². The molecule has 1 aromatic heterocycles. The lowest BCUT2D eigenvalue weighted by Crippen LogP contribution is -2.31. The molecule has 1 heterocycles. The van der Waals surface area contributed by atoms with Crippen LogP contribution in [0.2, 0.25) is 0 Å². The zero-order chi connectivity index (χ0) is 22.4. The first-order chi connectivity index (χ1) is 14.7. The van der Waals surface area contributed by atoms with E-state index < -0.39 is 21.8 Å². The molecule has 1 N–H and O–H groups in total. The van der Waals surface area contributed by atoms with Gasteiger partial charge in [-0.3, -0.25) is 4.79 Å². The molecule has 1 aliphatic rings. The van der Waals surface area contributed by atoms with Crippen LogP contribution in [0.15, 0.2) is 41.9 Å². The number of amides is 1. The first-order valence-corrected chi connectivity index (χ1v) is 12.5. The first-order valence-electron chi connectivity index (χ1n) is 10.6. The predicted octanol–water partition coefficient (Wildman–Crippen LogP) is 4.17. The molecule has 0 bridgehead atoms. The van der Waals surface area contributed by atoms with E-state index in [2.05, 4.69) is 22.2 Å². The van der Waals surface area contributed by atoms with Crippen molar-refractivity contribution < 1.29 is 17.9 Å². The van der Waals surface area contributed by atoms with Crippen LogP contribution in [-0.4, -0.2) is 36.6 Å². The summed E-state index contributed by atoms with van der Waals surface area (Å²) in [4.78, 5) is 21.9. The molecule has 1 fully saturated rings. The highest BCUT2D eigenvalue weighted by atomic mass is 32.2. The van der Waals surface area contributed by atoms with Crippen LogP contribution < -0.4 is 10.1 Å². The van der Waals surface area contributed by atoms with Gasteiger partial charge in [0.15, 0.2) is 9.84 Å². The quantitative estimate of drug-likeness (QED) is 0.658. The molecular formula is C23H29N3O4S. The van der Waals surface area contributed by atoms with Gasteiger partial charge in [-0.2, -0.15) is 4.98 Å². The normalized spacial score (nSPS) is 15.8. The monoisotopic (exact) mass is 443 g/mol. The molecule has 1 aromatic carbocycles. The molecule has 0 unspecified atom stereocenters. The van der Waals surface area contributed by atoms with E-state index in [9.17, 15) is 13.2 Å². The topological polar surface area (TPSA) is 98.2 Å². The zero-order valence-corrected chi connectivity index (χ0v) is 19.0. The van der Waals surface area contributed by atoms with Crippen LogP contribution in [-0.2, 0) is 16.3 Å². The van der Waals surface area contributed by atoms with Crippen LogP contribution in [0.4, 0.5) is 0 Å². The van der Waals surface area contributed by atoms with Crippen molar-refractivity contribution in [2.45, 2.75) is 57.9 Å². The number of rotatable bonds is 8. The molecule has 1 saturated carbocycles. The number of hydrogen-bond donors (Lipinski definition) is 1. The van der Waals surface area contributed by atoms with Gasteiger partial charge >= 0.3 is 0 Å². The second-order valence-electron chi connectivity index (χ2n) is 7.95. The fourth-order valence-electron chi connectivity index (χ4n) is 3.49. The second kappa shape index (κ2) is 10.0. The lowest BCUT2D eigenvalue weighted by Gasteiger charge is -2.15. The minimum atomic E-state index is -3.27. The molecular weight excluding hydrogens is 414 g/mol. The van der Waals surface area contributed by atoms with Crippen molar-refractivity contribution in [2.75, 3.05) is 6.26 Å². The number of aryl methyl sites for hydroxylation is 1. The van der Waals surface area contributed by atoms with Crippen LogP contribution >= 0.6 is 0 Å². The Labute approximate surface area is 183 Å². The second-order valence-corrected chi connectivity index (χ2v) is 9.88. The maximum absolute atomic E-state index is 12.9. The average Bonchev–Trinajstić information content (AvgIpc) is 3.27. The molecule has 2 aromatic rings. The summed E-state index contributed by atoms with van der Waals surface area (Å²) in [5.41, 5.74) is 1.40. The molecule has 166 valence electrons. The van der Waals surface area contributed by atoms with Gasteiger partial charge in [-0.15, -0.1) is 0 Å². The predicted molar refractivity (Wildman–Crippen MR) is 120 cm³/mol. The number of carbonyl (C=O) groups excluding carboxylic acids is 1. The minimum absolute atomic E-state index is 0.206. The fraction of sp³-hybridized carbons (Fsp3) is 0.435. The van der Waals surface area contributed by atoms with Gasteiger partial charge in [0.05, 0.1) is 0 Å². The Morgan fingerprint density at radius 3 is 2.55 bits per heavy atom. The third-order valence-electron chi connectivity index (χ3n) is 5.26. The lowest BCUT2D eigenvalue weighted by atomic mass is 10.1. The van der Waals surface area contributed by atoms with E-state index in [1.807, 2.05) is 24.3 Å². The number of benzene rings is 1. The van der Waals surface area contributed by atoms with Gasteiger partial charge in [-0.1, -0.05) is 38.0 Å². The van der Waals surface area contributed by atoms with E-state index in [4.69, 9.17) is 4.74 Å². The maximum atomic E-state index is 12.9. The van der Waals surface area contributed by atoms with Crippen LogP contribution in [0.3, 0.4) is 0 Å². The number of aromatic nitrogens is 2. The standard InChI is InChI=1S/C23H29N3O4S/c1-4-17-9-11-19(12-10-17)30-23-20(15-24-21(26-23)18-7-5-6-8-18)22(27)25-16(2)13-14-31(3,28)29/h9-16,18H,4-8H2,1-3H3,(H,25,27)/b14-13+/t16-/m0/s1. The summed E-state index contributed by atoms with van der Waals surface area (Å²) < 4.78 is 28.6. The van der Waals surface area contributed by atoms with Crippen LogP contribution in [0.25, 0.3) is 0 Å². The molecule has 0 radical (unpaired) electrons. The van der Waals surface area contributed by atoms with Gasteiger partial charge in [0.25, 0.3) is 5.91 Å². The molecule has 8 heteroatoms. The summed E-state index contributed by atoms with van der Waals surface area (Å²) in [6, 6.07) is 7.18. The average molecular weight is 444 g/mol. The summed E-state index contributed by atoms with van der Waals surface area (Å²) >= 11 is 0. The molecule has 0 saturated heterocycles. The lowest BCUT2D eigenvalue weighted by molar-refractivity contribution is 0.0943. The van der Waals surface area contributed by atoms with Crippen molar-refractivity contribution in [1.29, 1.82) is 0 Å². The van der Waals surface area contributed by atoms with E-state index >= 15 is 0 Å². The number of sulfone groups is 1. The first kappa shape index (κ1) is 22.9. The Morgan fingerprint density at radius 1 is 1.26 bits per heavy atom. The fourth-order valence-corrected chi connectivity index (χ4v) is 4.01. The number of ether oxygens (including phenoxy) is 1. The number of carbonyl (C=O) groups is 1. The number of nitrogens with zero attached hydrogens (tertiary/aromatic N) is 2. The van der Waals surface area contributed by atoms with Crippen LogP contribution in [0.5, 0.6) is 11.6 Å². The molecule has 1 atom stereocenters. The Balaban J connectivity index is 1.86. The molecule has 1 amide bonds. The Kier molecular flexibility index (Phi) is 7.43. The molecule has 0 spiro atoms. The van der Waals surface area contributed by atoms with Crippen molar-refractivity contribution in [3.05, 3.63) is 58.9 Å². The van der Waals surface area contributed by atoms with Crippen molar-refractivity contribution in [1.82, 2.24) is 15.3 Å². The van der Waals surface area contributed by atoms with Crippen molar-refractivity contribution >= 4 is 15.7 Å². The van der Waals surface area contributed by atoms with Gasteiger partial charge in [0.2, 0.25) is 5.88 Å². The summed E-state index contributed by atoms with van der Waals surface area (Å²) in [6.07, 6.45) is 9.30. The summed E-state index contributed by atoms with van der Waals surface area (Å²) in [5.74, 6) is 1.34. The van der Waals surface area contributed by atoms with Gasteiger partial charge in [-0.25, -0.2) is 13.4 Å². The largest absolute Gasteiger partial charge is 0.438 e. The summed E-state index contributed by atoms with van der Waals surface area (Å²) in [7, 11) is -3.27. The third kappa shape index (κ3) is 6.62. The van der Waals surface area contributed by atoms with Crippen LogP contribution in [0.1, 0.15) is 67.2 Å². The Bertz CT molecular complexity index is 1040. The molecule has 3 rings (SSSR count). The van der Waals surface area contributed by atoms with Gasteiger partial charge < -0.3 is 10.1 Å². The molecule has 31 heavy (non-hydrogen) atoms. The highest BCUT2D eigenvalue weighted by Gasteiger charge is 2.24. The third-order valence-corrected chi connectivity index (χ3v) is 5.91. The minimum Gasteiger partial charge on any atom is -0.438 e. The SMILES string of the molecule is CCc1ccc(Oc2nc(C3CCCC3)ncc2C(=O)N[C@@H](C)/C=C/S(C)(=O)=O)cc1. The van der Waals surface area contributed by atoms with Crippen molar-refractivity contribution in [2.24, 2.45) is 0 Å². The van der Waals surface area contributed by atoms with Crippen LogP contribution in [0, 0.1) is 0 Å². The Hall–Kier alpha value is -2.74. The number of hydrogen-bond acceptors (Lipinski definition) is 6. The summed E-state index contributed by atoms with van der Waals surface area (Å²) in [6.45, 7) is 3.77. The van der Waals surface area contributed by atoms with Gasteiger partial charge in [0, 0.05) is 29.8 Å². The van der Waals surface area contributed by atoms with Gasteiger partial charge in [-0.05, 0) is 43.9 Å². The Morgan fingerprint density at radius 2 is 1.94 bits per heavy atom. The summed E-state index contributed by atoms with van der Waals surface area (Å²) in [5, 5.41) is 3.83. The van der Waals surface area contributed by atoms with E-state index in [1.54, 1.807) is 6.92 Å². The van der Waals surface area contributed by atoms with E-state index in [0.717, 1.165) is 43.8 Å². The van der Waals surface area contributed by atoms with E-state index in [1.165, 1.54) is 17.8 Å². The highest BCUT2D eigenvalue weighted by molar-refractivity contribution is 7.93.